The van der Waals surface area contributed by atoms with Gasteiger partial charge in [0.1, 0.15) is 0 Å². The lowest BCUT2D eigenvalue weighted by molar-refractivity contribution is -0.140. The van der Waals surface area contributed by atoms with Gasteiger partial charge in [0, 0.05) is 23.8 Å². The molecule has 2 radical (unpaired) electrons. The largest absolute Gasteiger partial charge is 0.543 e. The van der Waals surface area contributed by atoms with Gasteiger partial charge in [-0.25, -0.2) is 0 Å². The highest BCUT2D eigenvalue weighted by Crippen LogP contribution is 2.32. The Kier molecular flexibility index (Phi) is 5.98. The van der Waals surface area contributed by atoms with Crippen molar-refractivity contribution in [2.45, 2.75) is 32.6 Å². The van der Waals surface area contributed by atoms with Crippen molar-refractivity contribution in [3.8, 4) is 0 Å². The third-order valence-corrected chi connectivity index (χ3v) is 4.53. The number of hydrogen-bond acceptors (Lipinski definition) is 3. The van der Waals surface area contributed by atoms with E-state index in [0.29, 0.717) is 5.92 Å². The van der Waals surface area contributed by atoms with Crippen LogP contribution >= 0.6 is 11.6 Å². The van der Waals surface area contributed by atoms with Gasteiger partial charge in [-0.2, -0.15) is 0 Å². The van der Waals surface area contributed by atoms with Crippen molar-refractivity contribution in [3.63, 3.8) is 0 Å². The Morgan fingerprint density at radius 1 is 1.48 bits per heavy atom. The molecule has 5 heteroatoms. The number of nitrogens with zero attached hydrogens (tertiary/aromatic N) is 1. The minimum atomic E-state index is -0.272. The molecule has 0 N–H and O–H groups in total. The summed E-state index contributed by atoms with van der Waals surface area (Å²) in [6, 6.07) is 7.83. The lowest BCUT2D eigenvalue weighted by Crippen LogP contribution is -2.28. The number of benzene rings is 1. The SMILES string of the molecule is [B]OC(=O)C(CCCC)C1CCN(c2ccc(Cl)cc2)C1. The molecule has 1 saturated heterocycles. The van der Waals surface area contributed by atoms with E-state index in [-0.39, 0.29) is 11.9 Å². The Hall–Kier alpha value is -1.16. The van der Waals surface area contributed by atoms with E-state index in [1.54, 1.807) is 0 Å². The van der Waals surface area contributed by atoms with Gasteiger partial charge in [-0.05, 0) is 43.0 Å². The normalized spacial score (nSPS) is 19.5. The number of unbranched alkanes of at least 4 members (excludes halogenated alkanes) is 1. The number of carbonyl (C=O) groups is 1. The van der Waals surface area contributed by atoms with Crippen molar-refractivity contribution in [1.82, 2.24) is 0 Å². The summed E-state index contributed by atoms with van der Waals surface area (Å²) in [6.07, 6.45) is 3.94. The molecule has 1 aliphatic rings. The highest BCUT2D eigenvalue weighted by molar-refractivity contribution is 6.30. The molecular weight excluding hydrogens is 284 g/mol. The first-order valence-corrected chi connectivity index (χ1v) is 7.94. The molecule has 3 nitrogen and oxygen atoms in total. The standard InChI is InChI=1S/C16H21BClNO2/c1-2-3-4-15(16(20)21-17)12-9-10-19(11-12)14-7-5-13(18)6-8-14/h5-8,12,15H,2-4,9-11H2,1H3. The van der Waals surface area contributed by atoms with Gasteiger partial charge in [0.15, 0.2) is 0 Å². The third kappa shape index (κ3) is 4.16. The minimum absolute atomic E-state index is 0.0905. The molecular formula is C16H21BClNO2. The summed E-state index contributed by atoms with van der Waals surface area (Å²) in [5.74, 6) is -0.0538. The average Bonchev–Trinajstić information content (AvgIpc) is 2.97. The van der Waals surface area contributed by atoms with Crippen LogP contribution in [0.4, 0.5) is 5.69 Å². The van der Waals surface area contributed by atoms with Crippen LogP contribution in [-0.2, 0) is 9.45 Å². The van der Waals surface area contributed by atoms with Crippen LogP contribution < -0.4 is 4.90 Å². The van der Waals surface area contributed by atoms with Gasteiger partial charge >= 0.3 is 8.05 Å². The maximum atomic E-state index is 11.9. The van der Waals surface area contributed by atoms with E-state index in [1.807, 2.05) is 24.3 Å². The zero-order valence-electron chi connectivity index (χ0n) is 12.4. The Morgan fingerprint density at radius 3 is 2.81 bits per heavy atom. The smallest absolute Gasteiger partial charge is 0.378 e. The van der Waals surface area contributed by atoms with Gasteiger partial charge in [0.25, 0.3) is 5.97 Å². The zero-order valence-corrected chi connectivity index (χ0v) is 13.2. The van der Waals surface area contributed by atoms with E-state index < -0.39 is 0 Å². The van der Waals surface area contributed by atoms with E-state index >= 15 is 0 Å². The number of rotatable bonds is 6. The van der Waals surface area contributed by atoms with E-state index in [9.17, 15) is 4.79 Å². The van der Waals surface area contributed by atoms with Crippen LogP contribution in [0.3, 0.4) is 0 Å². The van der Waals surface area contributed by atoms with Crippen LogP contribution in [0.1, 0.15) is 32.6 Å². The molecule has 1 aromatic rings. The number of hydrogen-bond donors (Lipinski definition) is 0. The average molecular weight is 306 g/mol. The Labute approximate surface area is 133 Å². The molecule has 112 valence electrons. The van der Waals surface area contributed by atoms with Crippen LogP contribution in [0.15, 0.2) is 24.3 Å². The molecule has 1 aliphatic heterocycles. The Bertz CT molecular complexity index is 466. The number of halogens is 1. The summed E-state index contributed by atoms with van der Waals surface area (Å²) in [4.78, 5) is 14.2. The van der Waals surface area contributed by atoms with E-state index in [2.05, 4.69) is 16.5 Å². The van der Waals surface area contributed by atoms with Crippen LogP contribution in [-0.4, -0.2) is 27.1 Å². The van der Waals surface area contributed by atoms with Gasteiger partial charge in [0.05, 0.1) is 5.92 Å². The lowest BCUT2D eigenvalue weighted by Gasteiger charge is -2.23. The van der Waals surface area contributed by atoms with Crippen LogP contribution in [0, 0.1) is 11.8 Å². The van der Waals surface area contributed by atoms with Crippen molar-refractivity contribution >= 4 is 31.3 Å². The van der Waals surface area contributed by atoms with Crippen molar-refractivity contribution in [1.29, 1.82) is 0 Å². The fraction of sp³-hybridized carbons (Fsp3) is 0.562. The van der Waals surface area contributed by atoms with Crippen molar-refractivity contribution in [3.05, 3.63) is 29.3 Å². The van der Waals surface area contributed by atoms with Crippen molar-refractivity contribution in [2.75, 3.05) is 18.0 Å². The molecule has 21 heavy (non-hydrogen) atoms. The number of anilines is 1. The maximum Gasteiger partial charge on any atom is 0.378 e. The second kappa shape index (κ2) is 7.74. The molecule has 0 aliphatic carbocycles. The molecule has 1 aromatic carbocycles. The molecule has 1 heterocycles. The summed E-state index contributed by atoms with van der Waals surface area (Å²) in [6.45, 7) is 3.94. The fourth-order valence-electron chi connectivity index (χ4n) is 3.06. The van der Waals surface area contributed by atoms with Gasteiger partial charge in [-0.15, -0.1) is 0 Å². The summed E-state index contributed by atoms with van der Waals surface area (Å²) < 4.78 is 4.50. The molecule has 0 bridgehead atoms. The Morgan fingerprint density at radius 2 is 2.19 bits per heavy atom. The molecule has 2 unspecified atom stereocenters. The molecule has 0 amide bonds. The van der Waals surface area contributed by atoms with E-state index in [0.717, 1.165) is 49.5 Å². The number of carbonyl (C=O) groups excluding carboxylic acids is 1. The fourth-order valence-corrected chi connectivity index (χ4v) is 3.19. The highest BCUT2D eigenvalue weighted by atomic mass is 35.5. The summed E-state index contributed by atoms with van der Waals surface area (Å²) >= 11 is 5.92. The first-order chi connectivity index (χ1) is 10.2. The quantitative estimate of drug-likeness (QED) is 0.752. The molecule has 2 rings (SSSR count). The zero-order chi connectivity index (χ0) is 15.2. The molecule has 0 saturated carbocycles. The Balaban J connectivity index is 2.01. The lowest BCUT2D eigenvalue weighted by atomic mass is 9.87. The highest BCUT2D eigenvalue weighted by Gasteiger charge is 2.33. The summed E-state index contributed by atoms with van der Waals surface area (Å²) in [7, 11) is 5.10. The maximum absolute atomic E-state index is 11.9. The van der Waals surface area contributed by atoms with Crippen molar-refractivity contribution < 1.29 is 9.45 Å². The van der Waals surface area contributed by atoms with E-state index in [1.165, 1.54) is 0 Å². The second-order valence-electron chi connectivity index (χ2n) is 5.66. The monoisotopic (exact) mass is 305 g/mol. The van der Waals surface area contributed by atoms with Gasteiger partial charge < -0.3 is 9.55 Å². The summed E-state index contributed by atoms with van der Waals surface area (Å²) in [5.41, 5.74) is 1.15. The topological polar surface area (TPSA) is 29.5 Å². The minimum Gasteiger partial charge on any atom is -0.543 e. The first kappa shape index (κ1) is 16.2. The molecule has 1 fully saturated rings. The predicted molar refractivity (Wildman–Crippen MR) is 86.6 cm³/mol. The third-order valence-electron chi connectivity index (χ3n) is 4.27. The van der Waals surface area contributed by atoms with Gasteiger partial charge in [-0.3, -0.25) is 4.79 Å². The first-order valence-electron chi connectivity index (χ1n) is 7.56. The second-order valence-corrected chi connectivity index (χ2v) is 6.09. The van der Waals surface area contributed by atoms with Gasteiger partial charge in [0.2, 0.25) is 0 Å². The van der Waals surface area contributed by atoms with Crippen molar-refractivity contribution in [2.24, 2.45) is 11.8 Å². The predicted octanol–water partition coefficient (Wildman–Crippen LogP) is 3.60. The summed E-state index contributed by atoms with van der Waals surface area (Å²) in [5, 5.41) is 0.738. The molecule has 0 spiro atoms. The molecule has 0 aromatic heterocycles. The van der Waals surface area contributed by atoms with Crippen LogP contribution in [0.2, 0.25) is 5.02 Å². The van der Waals surface area contributed by atoms with E-state index in [4.69, 9.17) is 19.7 Å². The van der Waals surface area contributed by atoms with Crippen LogP contribution in [0.5, 0.6) is 0 Å². The molecule has 2 atom stereocenters. The van der Waals surface area contributed by atoms with Crippen LogP contribution in [0.25, 0.3) is 0 Å². The van der Waals surface area contributed by atoms with Gasteiger partial charge in [-0.1, -0.05) is 31.4 Å².